The van der Waals surface area contributed by atoms with E-state index in [-0.39, 0.29) is 45.6 Å². The third-order valence-electron chi connectivity index (χ3n) is 7.33. The van der Waals surface area contributed by atoms with Gasteiger partial charge >= 0.3 is 23.9 Å². The molecule has 1 aliphatic rings. The van der Waals surface area contributed by atoms with E-state index in [2.05, 4.69) is 20.4 Å². The highest BCUT2D eigenvalue weighted by atomic mass is 16.6. The number of hydrogen-bond acceptors (Lipinski definition) is 8. The number of nitrogens with zero attached hydrogens (tertiary/aromatic N) is 1. The van der Waals surface area contributed by atoms with Crippen LogP contribution in [0.15, 0.2) is 91.1 Å². The Morgan fingerprint density at radius 3 is 1.91 bits per heavy atom. The van der Waals surface area contributed by atoms with E-state index in [0.29, 0.717) is 27.6 Å². The third kappa shape index (κ3) is 5.65. The molecule has 0 spiro atoms. The number of cyclic esters (lactones) is 2. The Kier molecular flexibility index (Phi) is 7.52. The number of ether oxygens (including phenoxy) is 1. The summed E-state index contributed by atoms with van der Waals surface area (Å²) in [6.45, 7) is 0. The second-order valence-electron chi connectivity index (χ2n) is 10.3. The maximum Gasteiger partial charge on any atom is 0.346 e. The Morgan fingerprint density at radius 2 is 1.26 bits per heavy atom. The van der Waals surface area contributed by atoms with E-state index in [1.165, 1.54) is 48.7 Å². The number of rotatable bonds is 8. The average Bonchev–Trinajstić information content (AvgIpc) is 3.33. The van der Waals surface area contributed by atoms with Crippen molar-refractivity contribution in [1.29, 1.82) is 0 Å². The van der Waals surface area contributed by atoms with Gasteiger partial charge in [-0.15, -0.1) is 0 Å². The number of aromatic nitrogens is 1. The molecule has 0 atom stereocenters. The van der Waals surface area contributed by atoms with Crippen LogP contribution in [0, 0.1) is 0 Å². The normalized spacial score (nSPS) is 11.9. The Labute approximate surface area is 259 Å². The highest BCUT2D eigenvalue weighted by Crippen LogP contribution is 2.26. The second-order valence-corrected chi connectivity index (χ2v) is 10.3. The van der Waals surface area contributed by atoms with Gasteiger partial charge in [-0.2, -0.15) is 0 Å². The van der Waals surface area contributed by atoms with Gasteiger partial charge in [-0.3, -0.25) is 14.6 Å². The molecule has 0 radical (unpaired) electrons. The molecule has 12 heteroatoms. The van der Waals surface area contributed by atoms with Crippen LogP contribution in [0.1, 0.15) is 73.3 Å². The average molecular weight is 616 g/mol. The highest BCUT2D eigenvalue weighted by Gasteiger charge is 2.30. The van der Waals surface area contributed by atoms with Crippen LogP contribution in [0.2, 0.25) is 0 Å². The summed E-state index contributed by atoms with van der Waals surface area (Å²) in [5.41, 5.74) is 1.61. The van der Waals surface area contributed by atoms with Gasteiger partial charge in [-0.1, -0.05) is 30.3 Å². The lowest BCUT2D eigenvalue weighted by Gasteiger charge is -2.13. The molecule has 2 heterocycles. The number of anilines is 2. The van der Waals surface area contributed by atoms with Crippen LogP contribution in [0.5, 0.6) is 0 Å². The van der Waals surface area contributed by atoms with Crippen LogP contribution in [0.25, 0.3) is 10.9 Å². The molecule has 46 heavy (non-hydrogen) atoms. The summed E-state index contributed by atoms with van der Waals surface area (Å²) in [4.78, 5) is 78.0. The van der Waals surface area contributed by atoms with Crippen LogP contribution in [0.3, 0.4) is 0 Å². The van der Waals surface area contributed by atoms with Crippen molar-refractivity contribution in [1.82, 2.24) is 4.98 Å². The van der Waals surface area contributed by atoms with Crippen molar-refractivity contribution < 1.29 is 43.7 Å². The number of carbonyl (C=O) groups excluding carboxylic acids is 4. The van der Waals surface area contributed by atoms with Gasteiger partial charge in [0.05, 0.1) is 44.7 Å². The van der Waals surface area contributed by atoms with Crippen LogP contribution < -0.4 is 10.6 Å². The van der Waals surface area contributed by atoms with Gasteiger partial charge in [-0.25, -0.2) is 19.2 Å². The number of esters is 2. The fraction of sp³-hybridized carbons (Fsp3) is 0.0294. The Morgan fingerprint density at radius 1 is 0.652 bits per heavy atom. The Balaban J connectivity index is 1.22. The molecule has 6 rings (SSSR count). The summed E-state index contributed by atoms with van der Waals surface area (Å²) in [5.74, 6) is -5.52. The van der Waals surface area contributed by atoms with Gasteiger partial charge in [0, 0.05) is 17.1 Å². The van der Waals surface area contributed by atoms with E-state index in [0.717, 1.165) is 0 Å². The number of fused-ring (bicyclic) bond motifs is 2. The van der Waals surface area contributed by atoms with E-state index in [4.69, 9.17) is 0 Å². The number of hydrogen-bond donors (Lipinski definition) is 4. The summed E-state index contributed by atoms with van der Waals surface area (Å²) in [7, 11) is 0. The van der Waals surface area contributed by atoms with Crippen molar-refractivity contribution in [3.63, 3.8) is 0 Å². The van der Waals surface area contributed by atoms with Gasteiger partial charge in [-0.05, 0) is 72.1 Å². The van der Waals surface area contributed by atoms with Crippen molar-refractivity contribution >= 4 is 58.0 Å². The Bertz CT molecular complexity index is 2150. The maximum atomic E-state index is 13.1. The van der Waals surface area contributed by atoms with Gasteiger partial charge in [0.25, 0.3) is 11.8 Å². The minimum absolute atomic E-state index is 0.0105. The van der Waals surface area contributed by atoms with E-state index in [1.807, 2.05) is 0 Å². The number of pyridine rings is 1. The fourth-order valence-electron chi connectivity index (χ4n) is 5.11. The standard InChI is InChI=1S/C34H21N3O9/c38-29(19-7-8-22-23(16-19)34(45)46-33(22)44)36-27-9-5-17(14-24(27)31(40)41)13-18-6-10-28(25(15-18)32(42)43)37-30(39)21-11-12-35-26-4-2-1-3-20(21)26/h1-12,14-16H,13H2,(H,36,38)(H,37,39)(H,40,41)(H,42,43). The van der Waals surface area contributed by atoms with E-state index in [9.17, 15) is 39.0 Å². The summed E-state index contributed by atoms with van der Waals surface area (Å²) >= 11 is 0. The molecule has 1 aromatic heterocycles. The monoisotopic (exact) mass is 615 g/mol. The summed E-state index contributed by atoms with van der Waals surface area (Å²) in [6, 6.07) is 21.2. The highest BCUT2D eigenvalue weighted by molar-refractivity contribution is 6.17. The maximum absolute atomic E-state index is 13.1. The van der Waals surface area contributed by atoms with Crippen LogP contribution in [-0.2, 0) is 11.2 Å². The van der Waals surface area contributed by atoms with E-state index < -0.39 is 35.7 Å². The lowest BCUT2D eigenvalue weighted by atomic mass is 9.99. The molecule has 1 aliphatic heterocycles. The largest absolute Gasteiger partial charge is 0.478 e. The number of carboxylic acid groups (broad SMARTS) is 2. The number of para-hydroxylation sites is 1. The number of aromatic carboxylic acids is 2. The Hall–Kier alpha value is -6.69. The number of carbonyl (C=O) groups is 6. The molecular formula is C34H21N3O9. The quantitative estimate of drug-likeness (QED) is 0.136. The SMILES string of the molecule is O=C(Nc1ccc(Cc2ccc(NC(=O)c3ccnc4ccccc34)c(C(=O)O)c2)cc1C(=O)O)c1ccc2c(c1)C(=O)OC2=O. The number of carboxylic acids is 2. The molecule has 0 bridgehead atoms. The van der Waals surface area contributed by atoms with Crippen LogP contribution in [-0.4, -0.2) is 50.9 Å². The molecule has 5 aromatic rings. The first-order chi connectivity index (χ1) is 22.1. The van der Waals surface area contributed by atoms with Crippen LogP contribution in [0.4, 0.5) is 11.4 Å². The molecule has 0 fully saturated rings. The van der Waals surface area contributed by atoms with Crippen molar-refractivity contribution in [2.45, 2.75) is 6.42 Å². The molecule has 226 valence electrons. The minimum Gasteiger partial charge on any atom is -0.478 e. The van der Waals surface area contributed by atoms with Crippen molar-refractivity contribution in [3.05, 3.63) is 136 Å². The summed E-state index contributed by atoms with van der Waals surface area (Å²) in [5, 5.41) is 25.5. The zero-order valence-electron chi connectivity index (χ0n) is 23.6. The van der Waals surface area contributed by atoms with E-state index >= 15 is 0 Å². The molecule has 4 N–H and O–H groups in total. The lowest BCUT2D eigenvalue weighted by Crippen LogP contribution is -2.16. The topological polar surface area (TPSA) is 189 Å². The van der Waals surface area contributed by atoms with Gasteiger partial charge in [0.1, 0.15) is 0 Å². The van der Waals surface area contributed by atoms with E-state index in [1.54, 1.807) is 42.5 Å². The number of nitrogens with one attached hydrogen (secondary N) is 2. The molecule has 12 nitrogen and oxygen atoms in total. The van der Waals surface area contributed by atoms with Crippen molar-refractivity contribution in [2.75, 3.05) is 10.6 Å². The zero-order valence-corrected chi connectivity index (χ0v) is 23.6. The first-order valence-corrected chi connectivity index (χ1v) is 13.7. The molecular weight excluding hydrogens is 594 g/mol. The first kappa shape index (κ1) is 29.4. The predicted octanol–water partition coefficient (Wildman–Crippen LogP) is 5.04. The zero-order chi connectivity index (χ0) is 32.5. The molecule has 0 unspecified atom stereocenters. The molecule has 0 aliphatic carbocycles. The molecule has 0 saturated carbocycles. The summed E-state index contributed by atoms with van der Waals surface area (Å²) < 4.78 is 4.53. The van der Waals surface area contributed by atoms with Gasteiger partial charge < -0.3 is 25.6 Å². The predicted molar refractivity (Wildman–Crippen MR) is 163 cm³/mol. The third-order valence-corrected chi connectivity index (χ3v) is 7.33. The lowest BCUT2D eigenvalue weighted by molar-refractivity contribution is 0.0442. The molecule has 4 aromatic carbocycles. The van der Waals surface area contributed by atoms with Crippen molar-refractivity contribution in [3.8, 4) is 0 Å². The molecule has 0 saturated heterocycles. The minimum atomic E-state index is -1.33. The first-order valence-electron chi connectivity index (χ1n) is 13.7. The van der Waals surface area contributed by atoms with Gasteiger partial charge in [0.2, 0.25) is 0 Å². The molecule has 2 amide bonds. The summed E-state index contributed by atoms with van der Waals surface area (Å²) in [6.07, 6.45) is 1.63. The second kappa shape index (κ2) is 11.8. The van der Waals surface area contributed by atoms with Gasteiger partial charge in [0.15, 0.2) is 0 Å². The number of benzene rings is 4. The number of amides is 2. The van der Waals surface area contributed by atoms with Crippen molar-refractivity contribution in [2.24, 2.45) is 0 Å². The fourth-order valence-corrected chi connectivity index (χ4v) is 5.11. The smallest absolute Gasteiger partial charge is 0.346 e. The van der Waals surface area contributed by atoms with Crippen LogP contribution >= 0.6 is 0 Å².